The smallest absolute Gasteiger partial charge is 0.339 e. The Morgan fingerprint density at radius 3 is 2.42 bits per heavy atom. The Morgan fingerprint density at radius 1 is 1.08 bits per heavy atom. The van der Waals surface area contributed by atoms with Gasteiger partial charge in [0.15, 0.2) is 11.5 Å². The van der Waals surface area contributed by atoms with Crippen LogP contribution in [-0.4, -0.2) is 28.6 Å². The van der Waals surface area contributed by atoms with Crippen molar-refractivity contribution in [3.05, 3.63) is 59.4 Å². The van der Waals surface area contributed by atoms with Crippen LogP contribution in [0.5, 0.6) is 11.5 Å². The van der Waals surface area contributed by atoms with E-state index in [1.165, 1.54) is 63.6 Å². The number of benzene rings is 2. The molecule has 0 heterocycles. The van der Waals surface area contributed by atoms with Crippen molar-refractivity contribution in [2.45, 2.75) is 11.8 Å². The zero-order chi connectivity index (χ0) is 19.3. The number of hydrogen-bond donors (Lipinski definition) is 0. The number of rotatable bonds is 6. The fourth-order valence-electron chi connectivity index (χ4n) is 1.98. The standard InChI is InChI=1S/C18H17FO6S/c1-12-4-7-14(11-15(12)19)26(21,22)25-16-8-5-13(10-17(16)23-2)6-9-18(20)24-3/h4-11H,1-3H3/b9-6+. The summed E-state index contributed by atoms with van der Waals surface area (Å²) < 4.78 is 53.0. The van der Waals surface area contributed by atoms with Gasteiger partial charge in [0.1, 0.15) is 10.7 Å². The van der Waals surface area contributed by atoms with E-state index in [2.05, 4.69) is 4.74 Å². The molecule has 8 heteroatoms. The summed E-state index contributed by atoms with van der Waals surface area (Å²) in [6.45, 7) is 1.52. The summed E-state index contributed by atoms with van der Waals surface area (Å²) in [4.78, 5) is 10.8. The second-order valence-electron chi connectivity index (χ2n) is 5.22. The van der Waals surface area contributed by atoms with Gasteiger partial charge < -0.3 is 13.7 Å². The highest BCUT2D eigenvalue weighted by Gasteiger charge is 2.20. The van der Waals surface area contributed by atoms with Gasteiger partial charge in [0.05, 0.1) is 14.2 Å². The second-order valence-corrected chi connectivity index (χ2v) is 6.76. The van der Waals surface area contributed by atoms with Gasteiger partial charge in [-0.1, -0.05) is 12.1 Å². The third kappa shape index (κ3) is 4.60. The number of carbonyl (C=O) groups is 1. The van der Waals surface area contributed by atoms with Crippen LogP contribution in [0.25, 0.3) is 6.08 Å². The van der Waals surface area contributed by atoms with Crippen molar-refractivity contribution in [1.82, 2.24) is 0 Å². The second kappa shape index (κ2) is 8.01. The van der Waals surface area contributed by atoms with Crippen LogP contribution in [0.2, 0.25) is 0 Å². The number of carbonyl (C=O) groups excluding carboxylic acids is 1. The lowest BCUT2D eigenvalue weighted by Gasteiger charge is -2.11. The maximum atomic E-state index is 13.6. The zero-order valence-electron chi connectivity index (χ0n) is 14.4. The molecule has 0 aliphatic carbocycles. The average molecular weight is 380 g/mol. The molecule has 0 atom stereocenters. The Bertz CT molecular complexity index is 950. The zero-order valence-corrected chi connectivity index (χ0v) is 15.2. The molecule has 0 saturated carbocycles. The monoisotopic (exact) mass is 380 g/mol. The third-order valence-electron chi connectivity index (χ3n) is 3.43. The molecule has 0 saturated heterocycles. The van der Waals surface area contributed by atoms with Crippen molar-refractivity contribution >= 4 is 22.2 Å². The summed E-state index contributed by atoms with van der Waals surface area (Å²) in [5.74, 6) is -1.12. The summed E-state index contributed by atoms with van der Waals surface area (Å²) in [5, 5.41) is 0. The lowest BCUT2D eigenvalue weighted by Crippen LogP contribution is -2.11. The molecule has 0 amide bonds. The molecule has 0 N–H and O–H groups in total. The maximum Gasteiger partial charge on any atom is 0.339 e. The molecule has 0 radical (unpaired) electrons. The molecule has 0 spiro atoms. The molecule has 0 unspecified atom stereocenters. The van der Waals surface area contributed by atoms with Crippen molar-refractivity contribution in [2.75, 3.05) is 14.2 Å². The van der Waals surface area contributed by atoms with Crippen molar-refractivity contribution in [2.24, 2.45) is 0 Å². The first-order chi connectivity index (χ1) is 12.3. The number of aryl methyl sites for hydroxylation is 1. The molecule has 26 heavy (non-hydrogen) atoms. The molecule has 0 fully saturated rings. The van der Waals surface area contributed by atoms with Crippen LogP contribution in [0.15, 0.2) is 47.4 Å². The minimum absolute atomic E-state index is 0.0660. The van der Waals surface area contributed by atoms with Crippen molar-refractivity contribution in [3.63, 3.8) is 0 Å². The molecular weight excluding hydrogens is 363 g/mol. The van der Waals surface area contributed by atoms with Crippen LogP contribution in [0.1, 0.15) is 11.1 Å². The molecular formula is C18H17FO6S. The van der Waals surface area contributed by atoms with Gasteiger partial charge in [-0.15, -0.1) is 0 Å². The molecule has 2 aromatic carbocycles. The van der Waals surface area contributed by atoms with E-state index in [4.69, 9.17) is 8.92 Å². The van der Waals surface area contributed by atoms with Crippen LogP contribution in [0, 0.1) is 12.7 Å². The first kappa shape index (κ1) is 19.5. The van der Waals surface area contributed by atoms with Gasteiger partial charge in [0.25, 0.3) is 0 Å². The maximum absolute atomic E-state index is 13.6. The number of halogens is 1. The molecule has 0 aliphatic heterocycles. The Morgan fingerprint density at radius 2 is 1.81 bits per heavy atom. The van der Waals surface area contributed by atoms with E-state index >= 15 is 0 Å². The van der Waals surface area contributed by atoms with E-state index in [0.717, 1.165) is 6.07 Å². The largest absolute Gasteiger partial charge is 0.493 e. The minimum Gasteiger partial charge on any atom is -0.493 e. The Kier molecular flexibility index (Phi) is 5.99. The van der Waals surface area contributed by atoms with E-state index in [-0.39, 0.29) is 16.4 Å². The number of esters is 1. The fourth-order valence-corrected chi connectivity index (χ4v) is 2.94. The Hall–Kier alpha value is -2.87. The summed E-state index contributed by atoms with van der Waals surface area (Å²) in [5.41, 5.74) is 0.890. The molecule has 6 nitrogen and oxygen atoms in total. The van der Waals surface area contributed by atoms with E-state index < -0.39 is 21.9 Å². The van der Waals surface area contributed by atoms with Crippen molar-refractivity contribution in [3.8, 4) is 11.5 Å². The van der Waals surface area contributed by atoms with Gasteiger partial charge in [-0.3, -0.25) is 0 Å². The normalized spacial score (nSPS) is 11.4. The van der Waals surface area contributed by atoms with Crippen LogP contribution in [-0.2, 0) is 19.6 Å². The molecule has 2 aromatic rings. The minimum atomic E-state index is -4.24. The summed E-state index contributed by atoms with van der Waals surface area (Å²) in [6, 6.07) is 7.89. The Labute approximate surface area is 150 Å². The van der Waals surface area contributed by atoms with Gasteiger partial charge in [-0.2, -0.15) is 8.42 Å². The SMILES string of the molecule is COC(=O)/C=C/c1ccc(OS(=O)(=O)c2ccc(C)c(F)c2)c(OC)c1. The molecule has 2 rings (SSSR count). The number of methoxy groups -OCH3 is 2. The molecule has 0 aliphatic rings. The first-order valence-electron chi connectivity index (χ1n) is 7.41. The van der Waals surface area contributed by atoms with E-state index in [9.17, 15) is 17.6 Å². The predicted octanol–water partition coefficient (Wildman–Crippen LogP) is 3.10. The van der Waals surface area contributed by atoms with Gasteiger partial charge >= 0.3 is 16.1 Å². The van der Waals surface area contributed by atoms with Gasteiger partial charge in [0, 0.05) is 6.08 Å². The molecule has 0 aromatic heterocycles. The lowest BCUT2D eigenvalue weighted by molar-refractivity contribution is -0.134. The van der Waals surface area contributed by atoms with Crippen molar-refractivity contribution in [1.29, 1.82) is 0 Å². The van der Waals surface area contributed by atoms with Gasteiger partial charge in [-0.25, -0.2) is 9.18 Å². The fraction of sp³-hybridized carbons (Fsp3) is 0.167. The topological polar surface area (TPSA) is 78.9 Å². The van der Waals surface area contributed by atoms with E-state index in [1.807, 2.05) is 0 Å². The molecule has 138 valence electrons. The van der Waals surface area contributed by atoms with Gasteiger partial charge in [-0.05, 0) is 48.4 Å². The van der Waals surface area contributed by atoms with Crippen LogP contribution in [0.3, 0.4) is 0 Å². The van der Waals surface area contributed by atoms with E-state index in [1.54, 1.807) is 0 Å². The third-order valence-corrected chi connectivity index (χ3v) is 4.66. The highest BCUT2D eigenvalue weighted by molar-refractivity contribution is 7.87. The highest BCUT2D eigenvalue weighted by Crippen LogP contribution is 2.31. The summed E-state index contributed by atoms with van der Waals surface area (Å²) in [7, 11) is -1.65. The lowest BCUT2D eigenvalue weighted by atomic mass is 10.2. The average Bonchev–Trinajstić information content (AvgIpc) is 2.62. The number of hydrogen-bond acceptors (Lipinski definition) is 6. The van der Waals surface area contributed by atoms with Crippen LogP contribution >= 0.6 is 0 Å². The van der Waals surface area contributed by atoms with Crippen molar-refractivity contribution < 1.29 is 31.3 Å². The van der Waals surface area contributed by atoms with Crippen LogP contribution < -0.4 is 8.92 Å². The summed E-state index contributed by atoms with van der Waals surface area (Å²) >= 11 is 0. The summed E-state index contributed by atoms with van der Waals surface area (Å²) in [6.07, 6.45) is 2.68. The quantitative estimate of drug-likeness (QED) is 0.435. The highest BCUT2D eigenvalue weighted by atomic mass is 32.2. The first-order valence-corrected chi connectivity index (χ1v) is 8.82. The van der Waals surface area contributed by atoms with E-state index in [0.29, 0.717) is 11.1 Å². The Balaban J connectivity index is 2.31. The van der Waals surface area contributed by atoms with Crippen LogP contribution in [0.4, 0.5) is 4.39 Å². The molecule has 0 bridgehead atoms. The number of ether oxygens (including phenoxy) is 2. The van der Waals surface area contributed by atoms with Gasteiger partial charge in [0.2, 0.25) is 0 Å². The predicted molar refractivity (Wildman–Crippen MR) is 93.0 cm³/mol.